The second-order valence-corrected chi connectivity index (χ2v) is 1.92. The van der Waals surface area contributed by atoms with Crippen LogP contribution in [0.25, 0.3) is 0 Å². The molecule has 0 rings (SSSR count). The molecule has 2 N–H and O–H groups in total. The number of aliphatic hydroxyl groups excluding tert-OH is 1. The SMILES string of the molecule is C=C(C)C(O)CNC. The van der Waals surface area contributed by atoms with Gasteiger partial charge in [0.1, 0.15) is 0 Å². The summed E-state index contributed by atoms with van der Waals surface area (Å²) in [6.07, 6.45) is -0.389. The third-order valence-corrected chi connectivity index (χ3v) is 0.966. The van der Waals surface area contributed by atoms with E-state index in [0.29, 0.717) is 6.54 Å². The van der Waals surface area contributed by atoms with Crippen LogP contribution in [0.2, 0.25) is 0 Å². The third kappa shape index (κ3) is 2.77. The van der Waals surface area contributed by atoms with Gasteiger partial charge in [0.05, 0.1) is 6.10 Å². The molecule has 0 bridgehead atoms. The lowest BCUT2D eigenvalue weighted by atomic mass is 10.2. The first-order valence-electron chi connectivity index (χ1n) is 2.66. The Balaban J connectivity index is 3.32. The zero-order valence-corrected chi connectivity index (χ0v) is 5.44. The Labute approximate surface area is 50.2 Å². The first kappa shape index (κ1) is 7.66. The Kier molecular flexibility index (Phi) is 3.48. The Morgan fingerprint density at radius 3 is 2.50 bits per heavy atom. The fourth-order valence-electron chi connectivity index (χ4n) is 0.368. The standard InChI is InChI=1S/C6H13NO/c1-5(2)6(8)4-7-3/h6-8H,1,4H2,2-3H3. The quantitative estimate of drug-likeness (QED) is 0.513. The highest BCUT2D eigenvalue weighted by Crippen LogP contribution is 1.93. The second kappa shape index (κ2) is 3.64. The van der Waals surface area contributed by atoms with Gasteiger partial charge in [-0.05, 0) is 14.0 Å². The highest BCUT2D eigenvalue weighted by atomic mass is 16.3. The predicted octanol–water partition coefficient (Wildman–Crippen LogP) is 0.143. The summed E-state index contributed by atoms with van der Waals surface area (Å²) in [7, 11) is 1.80. The maximum Gasteiger partial charge on any atom is 0.0869 e. The summed E-state index contributed by atoms with van der Waals surface area (Å²) in [6.45, 7) is 5.98. The van der Waals surface area contributed by atoms with Crippen LogP contribution < -0.4 is 5.32 Å². The van der Waals surface area contributed by atoms with Crippen LogP contribution in [0.5, 0.6) is 0 Å². The van der Waals surface area contributed by atoms with E-state index in [1.165, 1.54) is 0 Å². The lowest BCUT2D eigenvalue weighted by Crippen LogP contribution is -2.23. The number of aliphatic hydroxyl groups is 1. The van der Waals surface area contributed by atoms with Gasteiger partial charge >= 0.3 is 0 Å². The Morgan fingerprint density at radius 2 is 2.38 bits per heavy atom. The second-order valence-electron chi connectivity index (χ2n) is 1.92. The zero-order valence-electron chi connectivity index (χ0n) is 5.44. The van der Waals surface area contributed by atoms with Gasteiger partial charge in [0.15, 0.2) is 0 Å². The van der Waals surface area contributed by atoms with E-state index in [-0.39, 0.29) is 6.10 Å². The van der Waals surface area contributed by atoms with Crippen molar-refractivity contribution in [2.24, 2.45) is 0 Å². The molecule has 0 heterocycles. The minimum Gasteiger partial charge on any atom is -0.387 e. The minimum absolute atomic E-state index is 0.389. The van der Waals surface area contributed by atoms with E-state index in [1.807, 2.05) is 6.92 Å². The van der Waals surface area contributed by atoms with Gasteiger partial charge in [-0.2, -0.15) is 0 Å². The van der Waals surface area contributed by atoms with Crippen LogP contribution in [0.1, 0.15) is 6.92 Å². The van der Waals surface area contributed by atoms with E-state index >= 15 is 0 Å². The fraction of sp³-hybridized carbons (Fsp3) is 0.667. The molecule has 0 saturated carbocycles. The highest BCUT2D eigenvalue weighted by Gasteiger charge is 1.99. The van der Waals surface area contributed by atoms with Gasteiger partial charge in [0, 0.05) is 6.54 Å². The van der Waals surface area contributed by atoms with E-state index in [9.17, 15) is 0 Å². The number of hydrogen-bond acceptors (Lipinski definition) is 2. The van der Waals surface area contributed by atoms with E-state index < -0.39 is 0 Å². The van der Waals surface area contributed by atoms with Crippen LogP contribution >= 0.6 is 0 Å². The highest BCUT2D eigenvalue weighted by molar-refractivity contribution is 4.97. The van der Waals surface area contributed by atoms with Crippen LogP contribution in [-0.4, -0.2) is 24.8 Å². The van der Waals surface area contributed by atoms with E-state index in [1.54, 1.807) is 7.05 Å². The third-order valence-electron chi connectivity index (χ3n) is 0.966. The summed E-state index contributed by atoms with van der Waals surface area (Å²) in [6, 6.07) is 0. The molecule has 1 unspecified atom stereocenters. The van der Waals surface area contributed by atoms with Crippen molar-refractivity contribution in [3.63, 3.8) is 0 Å². The number of nitrogens with one attached hydrogen (secondary N) is 1. The normalized spacial score (nSPS) is 13.4. The van der Waals surface area contributed by atoms with Crippen molar-refractivity contribution in [3.05, 3.63) is 12.2 Å². The fourth-order valence-corrected chi connectivity index (χ4v) is 0.368. The van der Waals surface area contributed by atoms with Gasteiger partial charge in [-0.1, -0.05) is 12.2 Å². The molecule has 0 amide bonds. The lowest BCUT2D eigenvalue weighted by Gasteiger charge is -2.07. The average Bonchev–Trinajstić information content (AvgIpc) is 1.67. The van der Waals surface area contributed by atoms with Gasteiger partial charge < -0.3 is 10.4 Å². The molecule has 0 spiro atoms. The molecule has 2 heteroatoms. The van der Waals surface area contributed by atoms with Crippen LogP contribution in [0.4, 0.5) is 0 Å². The Morgan fingerprint density at radius 1 is 1.88 bits per heavy atom. The Hall–Kier alpha value is -0.340. The van der Waals surface area contributed by atoms with Crippen molar-refractivity contribution in [1.29, 1.82) is 0 Å². The van der Waals surface area contributed by atoms with Crippen molar-refractivity contribution in [1.82, 2.24) is 5.32 Å². The molecule has 48 valence electrons. The topological polar surface area (TPSA) is 32.3 Å². The molecule has 1 atom stereocenters. The van der Waals surface area contributed by atoms with Crippen molar-refractivity contribution in [3.8, 4) is 0 Å². The van der Waals surface area contributed by atoms with Crippen molar-refractivity contribution in [2.75, 3.05) is 13.6 Å². The van der Waals surface area contributed by atoms with E-state index in [2.05, 4.69) is 11.9 Å². The van der Waals surface area contributed by atoms with E-state index in [4.69, 9.17) is 5.11 Å². The zero-order chi connectivity index (χ0) is 6.57. The molecule has 0 aliphatic carbocycles. The summed E-state index contributed by atoms with van der Waals surface area (Å²) in [5.41, 5.74) is 0.805. The number of rotatable bonds is 3. The van der Waals surface area contributed by atoms with Gasteiger partial charge in [0.2, 0.25) is 0 Å². The molecule has 8 heavy (non-hydrogen) atoms. The van der Waals surface area contributed by atoms with Crippen LogP contribution in [-0.2, 0) is 0 Å². The largest absolute Gasteiger partial charge is 0.387 e. The first-order chi connectivity index (χ1) is 3.68. The molecule has 0 radical (unpaired) electrons. The minimum atomic E-state index is -0.389. The smallest absolute Gasteiger partial charge is 0.0869 e. The van der Waals surface area contributed by atoms with Crippen LogP contribution in [0.15, 0.2) is 12.2 Å². The molecule has 2 nitrogen and oxygen atoms in total. The van der Waals surface area contributed by atoms with Crippen LogP contribution in [0.3, 0.4) is 0 Å². The molecule has 0 fully saturated rings. The molecule has 0 aliphatic rings. The van der Waals surface area contributed by atoms with Crippen molar-refractivity contribution < 1.29 is 5.11 Å². The van der Waals surface area contributed by atoms with Crippen LogP contribution in [0, 0.1) is 0 Å². The molecular formula is C6H13NO. The Bertz CT molecular complexity index is 80.6. The van der Waals surface area contributed by atoms with Gasteiger partial charge in [0.25, 0.3) is 0 Å². The van der Waals surface area contributed by atoms with Gasteiger partial charge in [-0.25, -0.2) is 0 Å². The average molecular weight is 115 g/mol. The first-order valence-corrected chi connectivity index (χ1v) is 2.66. The maximum atomic E-state index is 8.96. The monoisotopic (exact) mass is 115 g/mol. The molecule has 0 saturated heterocycles. The number of likely N-dealkylation sites (N-methyl/N-ethyl adjacent to an activating group) is 1. The summed E-state index contributed by atoms with van der Waals surface area (Å²) in [5.74, 6) is 0. The molecule has 0 aromatic heterocycles. The number of hydrogen-bond donors (Lipinski definition) is 2. The molecule has 0 aliphatic heterocycles. The molecule has 0 aromatic rings. The summed E-state index contributed by atoms with van der Waals surface area (Å²) in [4.78, 5) is 0. The summed E-state index contributed by atoms with van der Waals surface area (Å²) in [5, 5.41) is 11.8. The van der Waals surface area contributed by atoms with Crippen molar-refractivity contribution in [2.45, 2.75) is 13.0 Å². The van der Waals surface area contributed by atoms with Crippen molar-refractivity contribution >= 4 is 0 Å². The van der Waals surface area contributed by atoms with E-state index in [0.717, 1.165) is 5.57 Å². The molecule has 0 aromatic carbocycles. The summed E-state index contributed by atoms with van der Waals surface area (Å²) >= 11 is 0. The molecular weight excluding hydrogens is 102 g/mol. The maximum absolute atomic E-state index is 8.96. The van der Waals surface area contributed by atoms with Gasteiger partial charge in [-0.15, -0.1) is 0 Å². The predicted molar refractivity (Wildman–Crippen MR) is 34.7 cm³/mol. The van der Waals surface area contributed by atoms with Gasteiger partial charge in [-0.3, -0.25) is 0 Å². The lowest BCUT2D eigenvalue weighted by molar-refractivity contribution is 0.210. The summed E-state index contributed by atoms with van der Waals surface area (Å²) < 4.78 is 0.